The van der Waals surface area contributed by atoms with Gasteiger partial charge in [-0.1, -0.05) is 5.16 Å². The standard InChI is InChI=1S/C13H10N6O2S/c1-18-12-9(4-15-18)13(20)19(7-14-12)5-10-16-11(17-21-10)8-2-3-22-6-8/h2-4,6-7H,5H2,1H3. The molecule has 8 nitrogen and oxygen atoms in total. The molecule has 22 heavy (non-hydrogen) atoms. The second kappa shape index (κ2) is 4.88. The molecule has 4 rings (SSSR count). The molecule has 0 N–H and O–H groups in total. The molecule has 0 aliphatic rings. The van der Waals surface area contributed by atoms with E-state index < -0.39 is 0 Å². The van der Waals surface area contributed by atoms with E-state index in [9.17, 15) is 4.79 Å². The van der Waals surface area contributed by atoms with Crippen LogP contribution in [0.25, 0.3) is 22.4 Å². The first-order valence-corrected chi connectivity index (χ1v) is 7.39. The lowest BCUT2D eigenvalue weighted by Gasteiger charge is -2.01. The van der Waals surface area contributed by atoms with E-state index >= 15 is 0 Å². The maximum absolute atomic E-state index is 12.4. The Kier molecular flexibility index (Phi) is 2.86. The summed E-state index contributed by atoms with van der Waals surface area (Å²) in [4.78, 5) is 20.9. The predicted octanol–water partition coefficient (Wildman–Crippen LogP) is 1.29. The van der Waals surface area contributed by atoms with Crippen LogP contribution in [0, 0.1) is 0 Å². The monoisotopic (exact) mass is 314 g/mol. The van der Waals surface area contributed by atoms with Crippen molar-refractivity contribution in [3.8, 4) is 11.4 Å². The Morgan fingerprint density at radius 3 is 3.14 bits per heavy atom. The highest BCUT2D eigenvalue weighted by atomic mass is 32.1. The van der Waals surface area contributed by atoms with Crippen molar-refractivity contribution in [3.05, 3.63) is 45.6 Å². The molecule has 9 heteroatoms. The number of hydrogen-bond acceptors (Lipinski definition) is 7. The van der Waals surface area contributed by atoms with Crippen LogP contribution >= 0.6 is 11.3 Å². The van der Waals surface area contributed by atoms with Crippen LogP contribution in [-0.2, 0) is 13.6 Å². The van der Waals surface area contributed by atoms with Crippen LogP contribution in [-0.4, -0.2) is 29.5 Å². The lowest BCUT2D eigenvalue weighted by atomic mass is 10.3. The normalized spacial score (nSPS) is 11.3. The van der Waals surface area contributed by atoms with Crippen LogP contribution in [0.5, 0.6) is 0 Å². The van der Waals surface area contributed by atoms with Crippen LogP contribution in [0.3, 0.4) is 0 Å². The number of hydrogen-bond donors (Lipinski definition) is 0. The van der Waals surface area contributed by atoms with Gasteiger partial charge in [0, 0.05) is 18.0 Å². The van der Waals surface area contributed by atoms with E-state index in [-0.39, 0.29) is 12.1 Å². The molecular formula is C13H10N6O2S. The highest BCUT2D eigenvalue weighted by molar-refractivity contribution is 7.08. The number of aryl methyl sites for hydroxylation is 1. The molecule has 0 fully saturated rings. The Hall–Kier alpha value is -2.81. The Bertz CT molecular complexity index is 997. The topological polar surface area (TPSA) is 91.6 Å². The quantitative estimate of drug-likeness (QED) is 0.566. The summed E-state index contributed by atoms with van der Waals surface area (Å²) < 4.78 is 8.18. The van der Waals surface area contributed by atoms with Gasteiger partial charge in [0.1, 0.15) is 18.3 Å². The van der Waals surface area contributed by atoms with Gasteiger partial charge in [-0.3, -0.25) is 14.0 Å². The Morgan fingerprint density at radius 1 is 1.41 bits per heavy atom. The minimum Gasteiger partial charge on any atom is -0.337 e. The zero-order chi connectivity index (χ0) is 15.1. The SMILES string of the molecule is Cn1ncc2c(=O)n(Cc3nc(-c4ccsc4)no3)cnc21. The first-order valence-electron chi connectivity index (χ1n) is 6.44. The molecular weight excluding hydrogens is 304 g/mol. The van der Waals surface area contributed by atoms with Crippen LogP contribution < -0.4 is 5.56 Å². The van der Waals surface area contributed by atoms with E-state index in [0.29, 0.717) is 22.7 Å². The van der Waals surface area contributed by atoms with Gasteiger partial charge in [0.15, 0.2) is 5.65 Å². The van der Waals surface area contributed by atoms with E-state index in [1.54, 1.807) is 23.1 Å². The molecule has 0 aromatic carbocycles. The smallest absolute Gasteiger partial charge is 0.264 e. The first kappa shape index (κ1) is 12.9. The molecule has 0 saturated carbocycles. The lowest BCUT2D eigenvalue weighted by molar-refractivity contribution is 0.369. The third-order valence-corrected chi connectivity index (χ3v) is 3.95. The number of thiophene rings is 1. The molecule has 0 saturated heterocycles. The van der Waals surface area contributed by atoms with Crippen molar-refractivity contribution in [3.63, 3.8) is 0 Å². The highest BCUT2D eigenvalue weighted by Gasteiger charge is 2.12. The average Bonchev–Trinajstić information content (AvgIpc) is 3.23. The second-order valence-corrected chi connectivity index (χ2v) is 5.49. The molecule has 0 spiro atoms. The van der Waals surface area contributed by atoms with E-state index in [1.807, 2.05) is 16.8 Å². The largest absolute Gasteiger partial charge is 0.337 e. The van der Waals surface area contributed by atoms with Gasteiger partial charge in [0.2, 0.25) is 11.7 Å². The summed E-state index contributed by atoms with van der Waals surface area (Å²) in [5, 5.41) is 12.3. The summed E-state index contributed by atoms with van der Waals surface area (Å²) in [5.74, 6) is 0.869. The zero-order valence-corrected chi connectivity index (χ0v) is 12.3. The van der Waals surface area contributed by atoms with E-state index in [0.717, 1.165) is 5.56 Å². The maximum atomic E-state index is 12.4. The molecule has 0 radical (unpaired) electrons. The number of fused-ring (bicyclic) bond motifs is 1. The minimum absolute atomic E-state index is 0.174. The predicted molar refractivity (Wildman–Crippen MR) is 79.5 cm³/mol. The van der Waals surface area contributed by atoms with Crippen LogP contribution in [0.15, 0.2) is 38.7 Å². The maximum Gasteiger partial charge on any atom is 0.264 e. The fourth-order valence-corrected chi connectivity index (χ4v) is 2.79. The van der Waals surface area contributed by atoms with Crippen molar-refractivity contribution < 1.29 is 4.52 Å². The zero-order valence-electron chi connectivity index (χ0n) is 11.5. The van der Waals surface area contributed by atoms with E-state index in [2.05, 4.69) is 20.2 Å². The molecule has 0 atom stereocenters. The molecule has 0 amide bonds. The number of aromatic nitrogens is 6. The van der Waals surface area contributed by atoms with Gasteiger partial charge in [0.05, 0.1) is 6.20 Å². The van der Waals surface area contributed by atoms with Gasteiger partial charge in [0.25, 0.3) is 5.56 Å². The van der Waals surface area contributed by atoms with E-state index in [4.69, 9.17) is 4.52 Å². The summed E-state index contributed by atoms with van der Waals surface area (Å²) in [6.07, 6.45) is 2.96. The van der Waals surface area contributed by atoms with Crippen molar-refractivity contribution >= 4 is 22.4 Å². The Morgan fingerprint density at radius 2 is 2.32 bits per heavy atom. The summed E-state index contributed by atoms with van der Waals surface area (Å²) >= 11 is 1.56. The van der Waals surface area contributed by atoms with Gasteiger partial charge in [-0.25, -0.2) is 4.98 Å². The Labute approximate surface area is 127 Å². The summed E-state index contributed by atoms with van der Waals surface area (Å²) in [6.45, 7) is 0.174. The van der Waals surface area contributed by atoms with Crippen LogP contribution in [0.1, 0.15) is 5.89 Å². The fourth-order valence-electron chi connectivity index (χ4n) is 2.15. The molecule has 0 aliphatic heterocycles. The molecule has 0 aliphatic carbocycles. The van der Waals surface area contributed by atoms with Gasteiger partial charge < -0.3 is 4.52 Å². The molecule has 4 aromatic heterocycles. The van der Waals surface area contributed by atoms with Crippen molar-refractivity contribution in [2.24, 2.45) is 7.05 Å². The van der Waals surface area contributed by atoms with Crippen LogP contribution in [0.2, 0.25) is 0 Å². The Balaban J connectivity index is 1.69. The van der Waals surface area contributed by atoms with Crippen molar-refractivity contribution in [2.75, 3.05) is 0 Å². The first-order chi connectivity index (χ1) is 10.7. The minimum atomic E-state index is -0.187. The van der Waals surface area contributed by atoms with Crippen molar-refractivity contribution in [1.82, 2.24) is 29.5 Å². The van der Waals surface area contributed by atoms with Crippen LogP contribution in [0.4, 0.5) is 0 Å². The number of nitrogens with zero attached hydrogens (tertiary/aromatic N) is 6. The number of rotatable bonds is 3. The molecule has 0 bridgehead atoms. The lowest BCUT2D eigenvalue weighted by Crippen LogP contribution is -2.21. The van der Waals surface area contributed by atoms with Gasteiger partial charge >= 0.3 is 0 Å². The second-order valence-electron chi connectivity index (χ2n) is 4.71. The summed E-state index contributed by atoms with van der Waals surface area (Å²) in [7, 11) is 1.74. The molecule has 4 aromatic rings. The molecule has 0 unspecified atom stereocenters. The van der Waals surface area contributed by atoms with Gasteiger partial charge in [-0.2, -0.15) is 21.4 Å². The third kappa shape index (κ3) is 2.02. The summed E-state index contributed by atoms with van der Waals surface area (Å²) in [5.41, 5.74) is 1.26. The highest BCUT2D eigenvalue weighted by Crippen LogP contribution is 2.18. The summed E-state index contributed by atoms with van der Waals surface area (Å²) in [6, 6.07) is 1.91. The third-order valence-electron chi connectivity index (χ3n) is 3.27. The van der Waals surface area contributed by atoms with Crippen molar-refractivity contribution in [2.45, 2.75) is 6.54 Å². The van der Waals surface area contributed by atoms with Gasteiger partial charge in [-0.15, -0.1) is 0 Å². The molecule has 4 heterocycles. The average molecular weight is 314 g/mol. The molecule has 110 valence electrons. The van der Waals surface area contributed by atoms with Gasteiger partial charge in [-0.05, 0) is 11.4 Å². The fraction of sp³-hybridized carbons (Fsp3) is 0.154. The van der Waals surface area contributed by atoms with Crippen molar-refractivity contribution in [1.29, 1.82) is 0 Å². The van der Waals surface area contributed by atoms with E-state index in [1.165, 1.54) is 17.1 Å².